The van der Waals surface area contributed by atoms with Crippen LogP contribution >= 0.6 is 0 Å². The molecule has 0 aliphatic heterocycles. The number of unbranched alkanes of at least 4 members (excludes halogenated alkanes) is 2. The molecule has 0 saturated heterocycles. The highest BCUT2D eigenvalue weighted by Crippen LogP contribution is 1.98. The highest BCUT2D eigenvalue weighted by atomic mass is 16.2. The van der Waals surface area contributed by atoms with E-state index in [4.69, 9.17) is 0 Å². The van der Waals surface area contributed by atoms with Crippen LogP contribution in [-0.4, -0.2) is 24.9 Å². The third-order valence-corrected chi connectivity index (χ3v) is 2.36. The van der Waals surface area contributed by atoms with E-state index in [0.717, 1.165) is 25.7 Å². The molecule has 0 aromatic heterocycles. The third kappa shape index (κ3) is 9.60. The first kappa shape index (κ1) is 15.7. The summed E-state index contributed by atoms with van der Waals surface area (Å²) in [4.78, 5) is 22.4. The SMILES string of the molecule is C=C(C)C(=O)NCCCNC(=O)CCCCC. The number of rotatable bonds is 9. The second-order valence-corrected chi connectivity index (χ2v) is 4.20. The van der Waals surface area contributed by atoms with Gasteiger partial charge >= 0.3 is 0 Å². The minimum atomic E-state index is -0.126. The molecule has 2 N–H and O–H groups in total. The molecule has 4 nitrogen and oxygen atoms in total. The van der Waals surface area contributed by atoms with Crippen LogP contribution in [0.15, 0.2) is 12.2 Å². The van der Waals surface area contributed by atoms with Crippen LogP contribution in [0.5, 0.6) is 0 Å². The van der Waals surface area contributed by atoms with Crippen molar-refractivity contribution >= 4 is 11.8 Å². The predicted molar refractivity (Wildman–Crippen MR) is 69.6 cm³/mol. The summed E-state index contributed by atoms with van der Waals surface area (Å²) in [5.74, 6) is -0.0241. The van der Waals surface area contributed by atoms with Crippen molar-refractivity contribution in [3.05, 3.63) is 12.2 Å². The maximum absolute atomic E-state index is 11.3. The molecule has 4 heteroatoms. The molecule has 0 aliphatic carbocycles. The topological polar surface area (TPSA) is 58.2 Å². The molecule has 0 aliphatic rings. The van der Waals surface area contributed by atoms with E-state index in [1.807, 2.05) is 0 Å². The van der Waals surface area contributed by atoms with Crippen LogP contribution in [0.3, 0.4) is 0 Å². The van der Waals surface area contributed by atoms with Gasteiger partial charge in [-0.1, -0.05) is 26.3 Å². The number of carbonyl (C=O) groups is 2. The van der Waals surface area contributed by atoms with Gasteiger partial charge in [-0.15, -0.1) is 0 Å². The van der Waals surface area contributed by atoms with Gasteiger partial charge in [0.25, 0.3) is 0 Å². The summed E-state index contributed by atoms with van der Waals surface area (Å²) in [6.45, 7) is 8.51. The lowest BCUT2D eigenvalue weighted by molar-refractivity contribution is -0.121. The molecule has 98 valence electrons. The Morgan fingerprint density at radius 3 is 2.29 bits per heavy atom. The van der Waals surface area contributed by atoms with E-state index in [-0.39, 0.29) is 11.8 Å². The molecule has 0 spiro atoms. The minimum Gasteiger partial charge on any atom is -0.356 e. The molecule has 0 aromatic rings. The maximum atomic E-state index is 11.3. The van der Waals surface area contributed by atoms with E-state index in [9.17, 15) is 9.59 Å². The summed E-state index contributed by atoms with van der Waals surface area (Å²) in [7, 11) is 0. The van der Waals surface area contributed by atoms with E-state index in [2.05, 4.69) is 24.1 Å². The van der Waals surface area contributed by atoms with Gasteiger partial charge in [-0.3, -0.25) is 9.59 Å². The lowest BCUT2D eigenvalue weighted by Crippen LogP contribution is -2.29. The monoisotopic (exact) mass is 240 g/mol. The molecular weight excluding hydrogens is 216 g/mol. The van der Waals surface area contributed by atoms with Gasteiger partial charge in [0.05, 0.1) is 0 Å². The van der Waals surface area contributed by atoms with E-state index < -0.39 is 0 Å². The quantitative estimate of drug-likeness (QED) is 0.476. The van der Waals surface area contributed by atoms with Crippen LogP contribution in [0.25, 0.3) is 0 Å². The normalized spacial score (nSPS) is 9.76. The lowest BCUT2D eigenvalue weighted by atomic mass is 10.2. The van der Waals surface area contributed by atoms with E-state index >= 15 is 0 Å². The standard InChI is InChI=1S/C13H24N2O2/c1-4-5-6-8-12(16)14-9-7-10-15-13(17)11(2)3/h2,4-10H2,1,3H3,(H,14,16)(H,15,17). The fourth-order valence-electron chi connectivity index (χ4n) is 1.29. The van der Waals surface area contributed by atoms with Gasteiger partial charge in [0.1, 0.15) is 0 Å². The molecule has 0 bridgehead atoms. The zero-order chi connectivity index (χ0) is 13.1. The van der Waals surface area contributed by atoms with Crippen LogP contribution in [0.1, 0.15) is 46.0 Å². The van der Waals surface area contributed by atoms with Crippen molar-refractivity contribution in [2.75, 3.05) is 13.1 Å². The Morgan fingerprint density at radius 1 is 1.06 bits per heavy atom. The Morgan fingerprint density at radius 2 is 1.71 bits per heavy atom. The van der Waals surface area contributed by atoms with Crippen molar-refractivity contribution in [3.63, 3.8) is 0 Å². The molecule has 0 radical (unpaired) electrons. The zero-order valence-electron chi connectivity index (χ0n) is 11.0. The van der Waals surface area contributed by atoms with Crippen LogP contribution in [0.2, 0.25) is 0 Å². The van der Waals surface area contributed by atoms with Crippen molar-refractivity contribution in [3.8, 4) is 0 Å². The van der Waals surface area contributed by atoms with Gasteiger partial charge in [0, 0.05) is 25.1 Å². The summed E-state index contributed by atoms with van der Waals surface area (Å²) in [5, 5.41) is 5.55. The smallest absolute Gasteiger partial charge is 0.246 e. The Bertz CT molecular complexity index is 262. The number of carbonyl (C=O) groups excluding carboxylic acids is 2. The summed E-state index contributed by atoms with van der Waals surface area (Å²) in [6.07, 6.45) is 4.53. The Balaban J connectivity index is 3.36. The number of amides is 2. The number of nitrogens with one attached hydrogen (secondary N) is 2. The fraction of sp³-hybridized carbons (Fsp3) is 0.692. The molecule has 0 rings (SSSR count). The Hall–Kier alpha value is -1.32. The van der Waals surface area contributed by atoms with Crippen LogP contribution in [0, 0.1) is 0 Å². The van der Waals surface area contributed by atoms with E-state index in [0.29, 0.717) is 25.1 Å². The summed E-state index contributed by atoms with van der Waals surface area (Å²) < 4.78 is 0. The van der Waals surface area contributed by atoms with E-state index in [1.54, 1.807) is 6.92 Å². The second kappa shape index (κ2) is 9.87. The van der Waals surface area contributed by atoms with Gasteiger partial charge in [0.2, 0.25) is 11.8 Å². The first-order chi connectivity index (χ1) is 8.07. The molecule has 2 amide bonds. The molecule has 0 heterocycles. The average Bonchev–Trinajstić information content (AvgIpc) is 2.28. The summed E-state index contributed by atoms with van der Waals surface area (Å²) >= 11 is 0. The average molecular weight is 240 g/mol. The minimum absolute atomic E-state index is 0.102. The molecule has 0 unspecified atom stereocenters. The van der Waals surface area contributed by atoms with Crippen molar-refractivity contribution in [1.82, 2.24) is 10.6 Å². The van der Waals surface area contributed by atoms with Crippen LogP contribution < -0.4 is 10.6 Å². The second-order valence-electron chi connectivity index (χ2n) is 4.20. The molecule has 17 heavy (non-hydrogen) atoms. The third-order valence-electron chi connectivity index (χ3n) is 2.36. The van der Waals surface area contributed by atoms with Gasteiger partial charge < -0.3 is 10.6 Å². The maximum Gasteiger partial charge on any atom is 0.246 e. The van der Waals surface area contributed by atoms with E-state index in [1.165, 1.54) is 0 Å². The Kier molecular flexibility index (Phi) is 9.11. The van der Waals surface area contributed by atoms with Crippen molar-refractivity contribution in [2.45, 2.75) is 46.0 Å². The largest absolute Gasteiger partial charge is 0.356 e. The van der Waals surface area contributed by atoms with Crippen LogP contribution in [-0.2, 0) is 9.59 Å². The molecule has 0 fully saturated rings. The van der Waals surface area contributed by atoms with Crippen molar-refractivity contribution < 1.29 is 9.59 Å². The molecule has 0 aromatic carbocycles. The fourth-order valence-corrected chi connectivity index (χ4v) is 1.29. The highest BCUT2D eigenvalue weighted by Gasteiger charge is 2.01. The lowest BCUT2D eigenvalue weighted by Gasteiger charge is -2.06. The van der Waals surface area contributed by atoms with Gasteiger partial charge in [-0.05, 0) is 19.8 Å². The highest BCUT2D eigenvalue weighted by molar-refractivity contribution is 5.92. The van der Waals surface area contributed by atoms with Crippen molar-refractivity contribution in [1.29, 1.82) is 0 Å². The predicted octanol–water partition coefficient (Wildman–Crippen LogP) is 1.77. The van der Waals surface area contributed by atoms with Crippen LogP contribution in [0.4, 0.5) is 0 Å². The first-order valence-electron chi connectivity index (χ1n) is 6.28. The Labute approximate surface area is 104 Å². The van der Waals surface area contributed by atoms with Crippen molar-refractivity contribution in [2.24, 2.45) is 0 Å². The molecule has 0 saturated carbocycles. The number of hydrogen-bond donors (Lipinski definition) is 2. The zero-order valence-corrected chi connectivity index (χ0v) is 11.0. The first-order valence-corrected chi connectivity index (χ1v) is 6.28. The molecule has 0 atom stereocenters. The molecular formula is C13H24N2O2. The van der Waals surface area contributed by atoms with Gasteiger partial charge in [-0.25, -0.2) is 0 Å². The van der Waals surface area contributed by atoms with Gasteiger partial charge in [0.15, 0.2) is 0 Å². The number of hydrogen-bond acceptors (Lipinski definition) is 2. The summed E-state index contributed by atoms with van der Waals surface area (Å²) in [5.41, 5.74) is 0.508. The summed E-state index contributed by atoms with van der Waals surface area (Å²) in [6, 6.07) is 0. The van der Waals surface area contributed by atoms with Gasteiger partial charge in [-0.2, -0.15) is 0 Å².